The van der Waals surface area contributed by atoms with Crippen molar-refractivity contribution < 1.29 is 9.59 Å². The third-order valence-corrected chi connectivity index (χ3v) is 5.24. The lowest BCUT2D eigenvalue weighted by molar-refractivity contribution is -0.139. The van der Waals surface area contributed by atoms with Crippen LogP contribution in [0.2, 0.25) is 0 Å². The number of aryl methyl sites for hydroxylation is 1. The molecule has 0 aromatic heterocycles. The molecule has 6 heteroatoms. The molecule has 2 aliphatic rings. The molecule has 2 fully saturated rings. The van der Waals surface area contributed by atoms with E-state index in [0.717, 1.165) is 30.6 Å². The molecule has 1 N–H and O–H groups in total. The fourth-order valence-corrected chi connectivity index (χ4v) is 3.57. The fraction of sp³-hybridized carbons (Fsp3) is 0.579. The number of rotatable bonds is 2. The molecule has 0 bridgehead atoms. The predicted molar refractivity (Wildman–Crippen MR) is 98.6 cm³/mol. The third-order valence-electron chi connectivity index (χ3n) is 5.24. The Morgan fingerprint density at radius 2 is 1.60 bits per heavy atom. The number of carbonyl (C=O) groups excluding carboxylic acids is 2. The largest absolute Gasteiger partial charge is 0.338 e. The molecule has 0 saturated carbocycles. The van der Waals surface area contributed by atoms with Crippen molar-refractivity contribution >= 4 is 17.6 Å². The van der Waals surface area contributed by atoms with Gasteiger partial charge in [0.05, 0.1) is 6.04 Å². The Kier molecular flexibility index (Phi) is 5.58. The number of nitrogens with one attached hydrogen (secondary N) is 1. The zero-order valence-corrected chi connectivity index (χ0v) is 15.2. The van der Waals surface area contributed by atoms with Crippen molar-refractivity contribution in [3.8, 4) is 0 Å². The molecule has 3 amide bonds. The van der Waals surface area contributed by atoms with Crippen molar-refractivity contribution in [1.82, 2.24) is 14.7 Å². The van der Waals surface area contributed by atoms with E-state index in [4.69, 9.17) is 0 Å². The smallest absolute Gasteiger partial charge is 0.321 e. The van der Waals surface area contributed by atoms with Gasteiger partial charge in [-0.1, -0.05) is 24.1 Å². The minimum absolute atomic E-state index is 0.0154. The molecular weight excluding hydrogens is 316 g/mol. The summed E-state index contributed by atoms with van der Waals surface area (Å²) in [6.45, 7) is 5.41. The van der Waals surface area contributed by atoms with E-state index in [1.54, 1.807) is 4.90 Å². The monoisotopic (exact) mass is 344 g/mol. The second kappa shape index (κ2) is 7.87. The van der Waals surface area contributed by atoms with Crippen LogP contribution in [0.3, 0.4) is 0 Å². The molecule has 2 aliphatic heterocycles. The summed E-state index contributed by atoms with van der Waals surface area (Å²) in [4.78, 5) is 31.0. The molecule has 0 spiro atoms. The maximum absolute atomic E-state index is 12.7. The highest BCUT2D eigenvalue weighted by atomic mass is 16.2. The van der Waals surface area contributed by atoms with Crippen molar-refractivity contribution in [2.24, 2.45) is 0 Å². The van der Waals surface area contributed by atoms with E-state index in [9.17, 15) is 9.59 Å². The molecule has 25 heavy (non-hydrogen) atoms. The predicted octanol–water partition coefficient (Wildman–Crippen LogP) is 2.16. The zero-order valence-electron chi connectivity index (χ0n) is 15.2. The summed E-state index contributed by atoms with van der Waals surface area (Å²) >= 11 is 0. The SMILES string of the molecule is Cc1ccc(NC(=O)N2CCN(C(=O)[C@@H]3CCCCN3C)CC2)cc1. The molecule has 0 aliphatic carbocycles. The highest BCUT2D eigenvalue weighted by molar-refractivity contribution is 5.89. The number of nitrogens with zero attached hydrogens (tertiary/aromatic N) is 3. The second-order valence-electron chi connectivity index (χ2n) is 7.10. The lowest BCUT2D eigenvalue weighted by Gasteiger charge is -2.39. The van der Waals surface area contributed by atoms with E-state index in [0.29, 0.717) is 26.2 Å². The minimum atomic E-state index is -0.0919. The Hall–Kier alpha value is -2.08. The van der Waals surface area contributed by atoms with Gasteiger partial charge in [0.15, 0.2) is 0 Å². The van der Waals surface area contributed by atoms with Crippen LogP contribution >= 0.6 is 0 Å². The van der Waals surface area contributed by atoms with Crippen molar-refractivity contribution in [1.29, 1.82) is 0 Å². The number of piperazine rings is 1. The number of benzene rings is 1. The number of likely N-dealkylation sites (tertiary alicyclic amines) is 1. The number of anilines is 1. The van der Waals surface area contributed by atoms with Crippen LogP contribution in [0, 0.1) is 6.92 Å². The van der Waals surface area contributed by atoms with E-state index in [-0.39, 0.29) is 18.0 Å². The molecule has 2 heterocycles. The van der Waals surface area contributed by atoms with Crippen molar-refractivity contribution in [3.05, 3.63) is 29.8 Å². The quantitative estimate of drug-likeness (QED) is 0.894. The highest BCUT2D eigenvalue weighted by Gasteiger charge is 2.32. The van der Waals surface area contributed by atoms with Gasteiger partial charge >= 0.3 is 6.03 Å². The maximum Gasteiger partial charge on any atom is 0.321 e. The van der Waals surface area contributed by atoms with Crippen LogP contribution in [0.5, 0.6) is 0 Å². The number of hydrogen-bond donors (Lipinski definition) is 1. The van der Waals surface area contributed by atoms with Crippen LogP contribution in [-0.4, -0.2) is 72.5 Å². The average Bonchev–Trinajstić information content (AvgIpc) is 2.63. The first-order valence-electron chi connectivity index (χ1n) is 9.16. The average molecular weight is 344 g/mol. The van der Waals surface area contributed by atoms with Crippen LogP contribution in [0.25, 0.3) is 0 Å². The van der Waals surface area contributed by atoms with E-state index in [1.807, 2.05) is 43.1 Å². The van der Waals surface area contributed by atoms with E-state index in [2.05, 4.69) is 10.2 Å². The lowest BCUT2D eigenvalue weighted by Crippen LogP contribution is -2.56. The van der Waals surface area contributed by atoms with Gasteiger partial charge in [-0.2, -0.15) is 0 Å². The fourth-order valence-electron chi connectivity index (χ4n) is 3.57. The Morgan fingerprint density at radius 1 is 0.960 bits per heavy atom. The minimum Gasteiger partial charge on any atom is -0.338 e. The molecule has 2 saturated heterocycles. The van der Waals surface area contributed by atoms with Crippen LogP contribution in [0.4, 0.5) is 10.5 Å². The van der Waals surface area contributed by atoms with Gasteiger partial charge in [-0.3, -0.25) is 9.69 Å². The van der Waals surface area contributed by atoms with Crippen molar-refractivity contribution in [2.45, 2.75) is 32.2 Å². The molecule has 1 atom stereocenters. The number of piperidine rings is 1. The summed E-state index contributed by atoms with van der Waals surface area (Å²) in [6, 6.07) is 7.70. The zero-order chi connectivity index (χ0) is 17.8. The van der Waals surface area contributed by atoms with E-state index in [1.165, 1.54) is 6.42 Å². The summed E-state index contributed by atoms with van der Waals surface area (Å²) in [5, 5.41) is 2.93. The molecule has 0 unspecified atom stereocenters. The molecule has 0 radical (unpaired) electrons. The number of hydrogen-bond acceptors (Lipinski definition) is 3. The molecule has 1 aromatic rings. The highest BCUT2D eigenvalue weighted by Crippen LogP contribution is 2.18. The molecule has 136 valence electrons. The van der Waals surface area contributed by atoms with Crippen LogP contribution in [-0.2, 0) is 4.79 Å². The molecular formula is C19H28N4O2. The first kappa shape index (κ1) is 17.7. The topological polar surface area (TPSA) is 55.9 Å². The second-order valence-corrected chi connectivity index (χ2v) is 7.10. The Morgan fingerprint density at radius 3 is 2.24 bits per heavy atom. The van der Waals surface area contributed by atoms with Gasteiger partial charge in [0.25, 0.3) is 0 Å². The molecule has 3 rings (SSSR count). The van der Waals surface area contributed by atoms with Gasteiger partial charge < -0.3 is 15.1 Å². The van der Waals surface area contributed by atoms with E-state index < -0.39 is 0 Å². The van der Waals surface area contributed by atoms with Crippen molar-refractivity contribution in [2.75, 3.05) is 45.1 Å². The number of likely N-dealkylation sites (N-methyl/N-ethyl adjacent to an activating group) is 1. The number of amides is 3. The number of carbonyl (C=O) groups is 2. The van der Waals surface area contributed by atoms with Crippen LogP contribution < -0.4 is 5.32 Å². The maximum atomic E-state index is 12.7. The lowest BCUT2D eigenvalue weighted by atomic mass is 10.0. The van der Waals surface area contributed by atoms with Crippen molar-refractivity contribution in [3.63, 3.8) is 0 Å². The van der Waals surface area contributed by atoms with Crippen LogP contribution in [0.15, 0.2) is 24.3 Å². The Labute approximate surface area is 149 Å². The number of urea groups is 1. The van der Waals surface area contributed by atoms with Gasteiger partial charge in [0.2, 0.25) is 5.91 Å². The first-order chi connectivity index (χ1) is 12.0. The summed E-state index contributed by atoms with van der Waals surface area (Å²) in [6.07, 6.45) is 3.25. The summed E-state index contributed by atoms with van der Waals surface area (Å²) in [5.74, 6) is 0.223. The summed E-state index contributed by atoms with van der Waals surface area (Å²) in [7, 11) is 2.03. The standard InChI is InChI=1S/C19H28N4O2/c1-15-6-8-16(9-7-15)20-19(25)23-13-11-22(12-14-23)18(24)17-5-3-4-10-21(17)2/h6-9,17H,3-5,10-14H2,1-2H3,(H,20,25)/t17-/m0/s1. The van der Waals surface area contributed by atoms with Gasteiger partial charge in [-0.25, -0.2) is 4.79 Å². The Bertz CT molecular complexity index is 608. The normalized spacial score (nSPS) is 21.9. The molecule has 6 nitrogen and oxygen atoms in total. The van der Waals surface area contributed by atoms with Crippen LogP contribution in [0.1, 0.15) is 24.8 Å². The van der Waals surface area contributed by atoms with Gasteiger partial charge in [-0.15, -0.1) is 0 Å². The van der Waals surface area contributed by atoms with Gasteiger partial charge in [0, 0.05) is 31.9 Å². The first-order valence-corrected chi connectivity index (χ1v) is 9.16. The third kappa shape index (κ3) is 4.31. The molecule has 1 aromatic carbocycles. The van der Waals surface area contributed by atoms with Gasteiger partial charge in [-0.05, 0) is 45.5 Å². The Balaban J connectivity index is 1.50. The van der Waals surface area contributed by atoms with Gasteiger partial charge in [0.1, 0.15) is 0 Å². The van der Waals surface area contributed by atoms with E-state index >= 15 is 0 Å². The summed E-state index contributed by atoms with van der Waals surface area (Å²) < 4.78 is 0. The summed E-state index contributed by atoms with van der Waals surface area (Å²) in [5.41, 5.74) is 1.97.